The molecule has 1 saturated carbocycles. The molecule has 0 bridgehead atoms. The summed E-state index contributed by atoms with van der Waals surface area (Å²) in [4.78, 5) is 2.51. The summed E-state index contributed by atoms with van der Waals surface area (Å²) < 4.78 is 0. The van der Waals surface area contributed by atoms with Gasteiger partial charge in [0.1, 0.15) is 0 Å². The van der Waals surface area contributed by atoms with Crippen LogP contribution in [0.3, 0.4) is 0 Å². The van der Waals surface area contributed by atoms with Crippen molar-refractivity contribution in [3.8, 4) is 0 Å². The second-order valence-corrected chi connectivity index (χ2v) is 3.72. The van der Waals surface area contributed by atoms with Gasteiger partial charge in [-0.15, -0.1) is 0 Å². The maximum absolute atomic E-state index is 2.51. The molecule has 0 N–H and O–H groups in total. The third kappa shape index (κ3) is 2.82. The molecular weight excluding hydrogens is 134 g/mol. The summed E-state index contributed by atoms with van der Waals surface area (Å²) in [7, 11) is 2.26. The van der Waals surface area contributed by atoms with E-state index < -0.39 is 0 Å². The average molecular weight is 155 g/mol. The summed E-state index contributed by atoms with van der Waals surface area (Å²) in [5, 5.41) is 0. The molecule has 11 heavy (non-hydrogen) atoms. The van der Waals surface area contributed by atoms with Crippen molar-refractivity contribution in [1.29, 1.82) is 0 Å². The van der Waals surface area contributed by atoms with Crippen LogP contribution in [-0.2, 0) is 0 Å². The lowest BCUT2D eigenvalue weighted by molar-refractivity contribution is 0.232. The first-order valence-electron chi connectivity index (χ1n) is 5.05. The van der Waals surface area contributed by atoms with E-state index in [1.165, 1.54) is 45.1 Å². The van der Waals surface area contributed by atoms with E-state index in [0.29, 0.717) is 0 Å². The lowest BCUT2D eigenvalue weighted by Gasteiger charge is -2.25. The Morgan fingerprint density at radius 1 is 1.09 bits per heavy atom. The van der Waals surface area contributed by atoms with E-state index >= 15 is 0 Å². The van der Waals surface area contributed by atoms with Crippen LogP contribution in [0.1, 0.15) is 45.4 Å². The normalized spacial score (nSPS) is 22.1. The van der Waals surface area contributed by atoms with E-state index in [0.717, 1.165) is 6.04 Å². The van der Waals surface area contributed by atoms with E-state index in [9.17, 15) is 0 Å². The van der Waals surface area contributed by atoms with Gasteiger partial charge in [-0.2, -0.15) is 0 Å². The van der Waals surface area contributed by atoms with E-state index in [1.807, 2.05) is 0 Å². The highest BCUT2D eigenvalue weighted by atomic mass is 15.1. The molecule has 0 unspecified atom stereocenters. The van der Waals surface area contributed by atoms with Gasteiger partial charge in [0.15, 0.2) is 0 Å². The van der Waals surface area contributed by atoms with Crippen molar-refractivity contribution in [2.24, 2.45) is 0 Å². The summed E-state index contributed by atoms with van der Waals surface area (Å²) >= 11 is 0. The molecular formula is C10H21N. The molecule has 0 aliphatic heterocycles. The standard InChI is InChI=1S/C10H21N/c1-3-11(2)10-8-6-4-5-7-9-10/h10H,3-9H2,1-2H3. The molecule has 0 aromatic heterocycles. The highest BCUT2D eigenvalue weighted by molar-refractivity contribution is 4.70. The molecule has 1 rings (SSSR count). The Labute approximate surface area is 70.8 Å². The van der Waals surface area contributed by atoms with Gasteiger partial charge in [-0.3, -0.25) is 0 Å². The fourth-order valence-electron chi connectivity index (χ4n) is 1.96. The van der Waals surface area contributed by atoms with Crippen molar-refractivity contribution in [1.82, 2.24) is 4.90 Å². The minimum atomic E-state index is 0.891. The van der Waals surface area contributed by atoms with Crippen LogP contribution in [0.25, 0.3) is 0 Å². The monoisotopic (exact) mass is 155 g/mol. The molecule has 1 fully saturated rings. The van der Waals surface area contributed by atoms with Gasteiger partial charge in [0.2, 0.25) is 0 Å². The van der Waals surface area contributed by atoms with Gasteiger partial charge in [-0.1, -0.05) is 32.6 Å². The Morgan fingerprint density at radius 2 is 1.64 bits per heavy atom. The number of hydrogen-bond acceptors (Lipinski definition) is 1. The molecule has 1 heteroatoms. The fourth-order valence-corrected chi connectivity index (χ4v) is 1.96. The molecule has 0 aromatic rings. The Bertz CT molecular complexity index is 93.0. The van der Waals surface area contributed by atoms with Crippen LogP contribution in [0.5, 0.6) is 0 Å². The van der Waals surface area contributed by atoms with Crippen LogP contribution in [0, 0.1) is 0 Å². The van der Waals surface area contributed by atoms with Crippen LogP contribution in [0.15, 0.2) is 0 Å². The molecule has 1 aliphatic carbocycles. The minimum Gasteiger partial charge on any atom is -0.304 e. The van der Waals surface area contributed by atoms with Crippen LogP contribution >= 0.6 is 0 Å². The van der Waals surface area contributed by atoms with E-state index in [-0.39, 0.29) is 0 Å². The molecule has 0 saturated heterocycles. The van der Waals surface area contributed by atoms with Crippen LogP contribution in [0.4, 0.5) is 0 Å². The molecule has 0 heterocycles. The maximum atomic E-state index is 2.51. The SMILES string of the molecule is CCN(C)C1CCCCCC1. The Balaban J connectivity index is 2.30. The van der Waals surface area contributed by atoms with E-state index in [2.05, 4.69) is 18.9 Å². The van der Waals surface area contributed by atoms with Gasteiger partial charge in [0.05, 0.1) is 0 Å². The lowest BCUT2D eigenvalue weighted by atomic mass is 10.1. The van der Waals surface area contributed by atoms with Gasteiger partial charge in [0, 0.05) is 6.04 Å². The number of hydrogen-bond donors (Lipinski definition) is 0. The highest BCUT2D eigenvalue weighted by Crippen LogP contribution is 2.20. The zero-order valence-corrected chi connectivity index (χ0v) is 7.97. The first kappa shape index (κ1) is 9.05. The Kier molecular flexibility index (Phi) is 3.92. The second-order valence-electron chi connectivity index (χ2n) is 3.72. The molecule has 0 radical (unpaired) electrons. The molecule has 1 aliphatic rings. The van der Waals surface area contributed by atoms with E-state index in [1.54, 1.807) is 0 Å². The average Bonchev–Trinajstić information content (AvgIpc) is 2.30. The van der Waals surface area contributed by atoms with Crippen molar-refractivity contribution in [3.05, 3.63) is 0 Å². The summed E-state index contributed by atoms with van der Waals surface area (Å²) in [6.07, 6.45) is 8.71. The molecule has 0 amide bonds. The zero-order chi connectivity index (χ0) is 8.10. The third-order valence-electron chi connectivity index (χ3n) is 2.95. The maximum Gasteiger partial charge on any atom is 0.00920 e. The summed E-state index contributed by atoms with van der Waals surface area (Å²) in [6, 6.07) is 0.891. The molecule has 66 valence electrons. The molecule has 0 spiro atoms. The van der Waals surface area contributed by atoms with Crippen molar-refractivity contribution >= 4 is 0 Å². The van der Waals surface area contributed by atoms with Crippen molar-refractivity contribution in [2.45, 2.75) is 51.5 Å². The predicted octanol–water partition coefficient (Wildman–Crippen LogP) is 2.66. The minimum absolute atomic E-state index is 0.891. The number of rotatable bonds is 2. The smallest absolute Gasteiger partial charge is 0.00920 e. The molecule has 0 aromatic carbocycles. The van der Waals surface area contributed by atoms with Crippen molar-refractivity contribution < 1.29 is 0 Å². The van der Waals surface area contributed by atoms with Crippen LogP contribution < -0.4 is 0 Å². The van der Waals surface area contributed by atoms with E-state index in [4.69, 9.17) is 0 Å². The van der Waals surface area contributed by atoms with Gasteiger partial charge in [0.25, 0.3) is 0 Å². The Morgan fingerprint density at radius 3 is 2.09 bits per heavy atom. The zero-order valence-electron chi connectivity index (χ0n) is 7.97. The lowest BCUT2D eigenvalue weighted by Crippen LogP contribution is -2.30. The first-order chi connectivity index (χ1) is 5.34. The molecule has 0 atom stereocenters. The quantitative estimate of drug-likeness (QED) is 0.554. The van der Waals surface area contributed by atoms with Gasteiger partial charge < -0.3 is 4.90 Å². The summed E-state index contributed by atoms with van der Waals surface area (Å²) in [6.45, 7) is 3.47. The predicted molar refractivity (Wildman–Crippen MR) is 49.8 cm³/mol. The van der Waals surface area contributed by atoms with Gasteiger partial charge in [-0.05, 0) is 26.4 Å². The molecule has 1 nitrogen and oxygen atoms in total. The van der Waals surface area contributed by atoms with Crippen molar-refractivity contribution in [2.75, 3.05) is 13.6 Å². The first-order valence-corrected chi connectivity index (χ1v) is 5.05. The van der Waals surface area contributed by atoms with Crippen LogP contribution in [0.2, 0.25) is 0 Å². The number of nitrogens with zero attached hydrogens (tertiary/aromatic N) is 1. The fraction of sp³-hybridized carbons (Fsp3) is 1.00. The second kappa shape index (κ2) is 4.76. The van der Waals surface area contributed by atoms with Gasteiger partial charge in [-0.25, -0.2) is 0 Å². The van der Waals surface area contributed by atoms with Crippen LogP contribution in [-0.4, -0.2) is 24.5 Å². The summed E-state index contributed by atoms with van der Waals surface area (Å²) in [5.41, 5.74) is 0. The topological polar surface area (TPSA) is 3.24 Å². The third-order valence-corrected chi connectivity index (χ3v) is 2.95. The largest absolute Gasteiger partial charge is 0.304 e. The van der Waals surface area contributed by atoms with Gasteiger partial charge >= 0.3 is 0 Å². The summed E-state index contributed by atoms with van der Waals surface area (Å²) in [5.74, 6) is 0. The Hall–Kier alpha value is -0.0400. The highest BCUT2D eigenvalue weighted by Gasteiger charge is 2.14. The van der Waals surface area contributed by atoms with Crippen molar-refractivity contribution in [3.63, 3.8) is 0 Å².